The molecule has 1 aliphatic rings. The van der Waals surface area contributed by atoms with Gasteiger partial charge >= 0.3 is 0 Å². The Morgan fingerprint density at radius 1 is 1.32 bits per heavy atom. The van der Waals surface area contributed by atoms with Crippen LogP contribution in [-0.4, -0.2) is 30.8 Å². The van der Waals surface area contributed by atoms with E-state index >= 15 is 0 Å². The van der Waals surface area contributed by atoms with Gasteiger partial charge < -0.3 is 0 Å². The first-order valence-corrected chi connectivity index (χ1v) is 8.34. The van der Waals surface area contributed by atoms with E-state index in [0.717, 1.165) is 19.3 Å². The number of hydrogen-bond acceptors (Lipinski definition) is 3. The molecule has 4 nitrogen and oxygen atoms in total. The highest BCUT2D eigenvalue weighted by Gasteiger charge is 2.33. The molecule has 0 spiro atoms. The standard InChI is InChI=1S/C13H19ClN2O2S/c1-10-5-3-4-6-12(10)16(2)19(17,18)11-7-8-13(14)15-9-11/h7-10,12H,3-6H2,1-2H3. The van der Waals surface area contributed by atoms with Gasteiger partial charge in [-0.15, -0.1) is 0 Å². The monoisotopic (exact) mass is 302 g/mol. The quantitative estimate of drug-likeness (QED) is 0.807. The van der Waals surface area contributed by atoms with Crippen molar-refractivity contribution in [3.63, 3.8) is 0 Å². The van der Waals surface area contributed by atoms with Crippen molar-refractivity contribution in [1.82, 2.24) is 9.29 Å². The van der Waals surface area contributed by atoms with E-state index < -0.39 is 10.0 Å². The van der Waals surface area contributed by atoms with Gasteiger partial charge in [0.1, 0.15) is 10.0 Å². The molecule has 2 unspecified atom stereocenters. The van der Waals surface area contributed by atoms with Gasteiger partial charge in [-0.1, -0.05) is 31.4 Å². The maximum absolute atomic E-state index is 12.5. The highest BCUT2D eigenvalue weighted by molar-refractivity contribution is 7.89. The fourth-order valence-corrected chi connectivity index (χ4v) is 4.24. The van der Waals surface area contributed by atoms with E-state index in [1.54, 1.807) is 7.05 Å². The summed E-state index contributed by atoms with van der Waals surface area (Å²) in [5.74, 6) is 0.397. The van der Waals surface area contributed by atoms with Gasteiger partial charge in [0, 0.05) is 19.3 Å². The largest absolute Gasteiger partial charge is 0.244 e. The van der Waals surface area contributed by atoms with Crippen molar-refractivity contribution < 1.29 is 8.42 Å². The minimum absolute atomic E-state index is 0.0782. The average Bonchev–Trinajstić information content (AvgIpc) is 2.39. The number of pyridine rings is 1. The Bertz CT molecular complexity index is 530. The van der Waals surface area contributed by atoms with E-state index in [4.69, 9.17) is 11.6 Å². The molecule has 0 aliphatic heterocycles. The lowest BCUT2D eigenvalue weighted by molar-refractivity contribution is 0.213. The van der Waals surface area contributed by atoms with Gasteiger partial charge in [0.2, 0.25) is 10.0 Å². The lowest BCUT2D eigenvalue weighted by Crippen LogP contribution is -2.42. The Hall–Kier alpha value is -0.650. The number of nitrogens with zero attached hydrogens (tertiary/aromatic N) is 2. The molecule has 106 valence electrons. The first-order valence-electron chi connectivity index (χ1n) is 6.52. The van der Waals surface area contributed by atoms with Crippen LogP contribution in [0.3, 0.4) is 0 Å². The molecule has 2 atom stereocenters. The topological polar surface area (TPSA) is 50.3 Å². The van der Waals surface area contributed by atoms with Crippen LogP contribution in [0.1, 0.15) is 32.6 Å². The van der Waals surface area contributed by atoms with Crippen LogP contribution >= 0.6 is 11.6 Å². The first kappa shape index (κ1) is 14.8. The molecule has 1 aromatic rings. The molecule has 1 aliphatic carbocycles. The normalized spacial score (nSPS) is 24.6. The predicted octanol–water partition coefficient (Wildman–Crippen LogP) is 2.93. The Morgan fingerprint density at radius 3 is 2.58 bits per heavy atom. The zero-order valence-corrected chi connectivity index (χ0v) is 12.8. The van der Waals surface area contributed by atoms with Crippen LogP contribution < -0.4 is 0 Å². The third-order valence-corrected chi connectivity index (χ3v) is 6.00. The summed E-state index contributed by atoms with van der Waals surface area (Å²) < 4.78 is 26.6. The lowest BCUT2D eigenvalue weighted by Gasteiger charge is -2.35. The van der Waals surface area contributed by atoms with Crippen LogP contribution in [0.5, 0.6) is 0 Å². The summed E-state index contributed by atoms with van der Waals surface area (Å²) in [5, 5.41) is 0.299. The van der Waals surface area contributed by atoms with E-state index in [9.17, 15) is 8.42 Å². The molecule has 1 heterocycles. The van der Waals surface area contributed by atoms with Gasteiger partial charge in [0.05, 0.1) is 0 Å². The van der Waals surface area contributed by atoms with Crippen molar-refractivity contribution in [3.8, 4) is 0 Å². The van der Waals surface area contributed by atoms with Crippen molar-refractivity contribution in [3.05, 3.63) is 23.5 Å². The second-order valence-electron chi connectivity index (χ2n) is 5.17. The van der Waals surface area contributed by atoms with E-state index in [2.05, 4.69) is 11.9 Å². The second-order valence-corrected chi connectivity index (χ2v) is 7.55. The van der Waals surface area contributed by atoms with E-state index in [1.165, 1.54) is 29.1 Å². The van der Waals surface area contributed by atoms with E-state index in [0.29, 0.717) is 11.1 Å². The summed E-state index contributed by atoms with van der Waals surface area (Å²) in [5.41, 5.74) is 0. The van der Waals surface area contributed by atoms with E-state index in [-0.39, 0.29) is 10.9 Å². The molecular weight excluding hydrogens is 284 g/mol. The number of halogens is 1. The maximum Gasteiger partial charge on any atom is 0.244 e. The van der Waals surface area contributed by atoms with Gasteiger partial charge in [0.25, 0.3) is 0 Å². The first-order chi connectivity index (χ1) is 8.93. The fraction of sp³-hybridized carbons (Fsp3) is 0.615. The summed E-state index contributed by atoms with van der Waals surface area (Å²) in [4.78, 5) is 4.06. The number of rotatable bonds is 3. The van der Waals surface area contributed by atoms with Crippen molar-refractivity contribution in [2.75, 3.05) is 7.05 Å². The molecule has 0 N–H and O–H groups in total. The molecule has 0 bridgehead atoms. The minimum Gasteiger partial charge on any atom is -0.243 e. The Morgan fingerprint density at radius 2 is 2.00 bits per heavy atom. The zero-order valence-electron chi connectivity index (χ0n) is 11.2. The van der Waals surface area contributed by atoms with Crippen LogP contribution in [0.25, 0.3) is 0 Å². The summed E-state index contributed by atoms with van der Waals surface area (Å²) in [7, 11) is -1.81. The minimum atomic E-state index is -3.48. The SMILES string of the molecule is CC1CCCCC1N(C)S(=O)(=O)c1ccc(Cl)nc1. The van der Waals surface area contributed by atoms with Crippen molar-refractivity contribution >= 4 is 21.6 Å². The molecule has 1 fully saturated rings. The number of hydrogen-bond donors (Lipinski definition) is 0. The lowest BCUT2D eigenvalue weighted by atomic mass is 9.86. The highest BCUT2D eigenvalue weighted by Crippen LogP contribution is 2.30. The summed E-state index contributed by atoms with van der Waals surface area (Å²) in [6.07, 6.45) is 5.62. The molecule has 6 heteroatoms. The van der Waals surface area contributed by atoms with Gasteiger partial charge in [-0.2, -0.15) is 4.31 Å². The molecule has 2 rings (SSSR count). The molecular formula is C13H19ClN2O2S. The molecule has 1 aromatic heterocycles. The van der Waals surface area contributed by atoms with Crippen LogP contribution in [0.15, 0.2) is 23.2 Å². The van der Waals surface area contributed by atoms with Crippen LogP contribution in [0.2, 0.25) is 5.15 Å². The zero-order chi connectivity index (χ0) is 14.0. The molecule has 0 saturated heterocycles. The Kier molecular flexibility index (Phi) is 4.48. The molecule has 1 saturated carbocycles. The third-order valence-electron chi connectivity index (χ3n) is 3.91. The van der Waals surface area contributed by atoms with Gasteiger partial charge in [0.15, 0.2) is 0 Å². The van der Waals surface area contributed by atoms with Gasteiger partial charge in [-0.05, 0) is 30.9 Å². The number of sulfonamides is 1. The van der Waals surface area contributed by atoms with Crippen LogP contribution in [-0.2, 0) is 10.0 Å². The Balaban J connectivity index is 2.25. The molecule has 19 heavy (non-hydrogen) atoms. The smallest absolute Gasteiger partial charge is 0.243 e. The van der Waals surface area contributed by atoms with Gasteiger partial charge in [-0.25, -0.2) is 13.4 Å². The fourth-order valence-electron chi connectivity index (χ4n) is 2.70. The second kappa shape index (κ2) is 5.77. The molecule has 0 amide bonds. The van der Waals surface area contributed by atoms with E-state index in [1.807, 2.05) is 0 Å². The summed E-state index contributed by atoms with van der Waals surface area (Å²) in [6, 6.07) is 3.09. The molecule has 0 radical (unpaired) electrons. The van der Waals surface area contributed by atoms with Crippen LogP contribution in [0.4, 0.5) is 0 Å². The van der Waals surface area contributed by atoms with Crippen LogP contribution in [0, 0.1) is 5.92 Å². The Labute approximate surface area is 119 Å². The van der Waals surface area contributed by atoms with Crippen molar-refractivity contribution in [2.24, 2.45) is 5.92 Å². The molecule has 0 aromatic carbocycles. The number of aromatic nitrogens is 1. The summed E-state index contributed by atoms with van der Waals surface area (Å²) in [6.45, 7) is 2.12. The third kappa shape index (κ3) is 3.09. The van der Waals surface area contributed by atoms with Crippen molar-refractivity contribution in [2.45, 2.75) is 43.5 Å². The summed E-state index contributed by atoms with van der Waals surface area (Å²) >= 11 is 5.69. The van der Waals surface area contributed by atoms with Crippen molar-refractivity contribution in [1.29, 1.82) is 0 Å². The predicted molar refractivity (Wildman–Crippen MR) is 75.6 cm³/mol. The average molecular weight is 303 g/mol. The maximum atomic E-state index is 12.5. The highest BCUT2D eigenvalue weighted by atomic mass is 35.5. The van der Waals surface area contributed by atoms with Gasteiger partial charge in [-0.3, -0.25) is 0 Å².